The molecule has 2 heterocycles. The summed E-state index contributed by atoms with van der Waals surface area (Å²) >= 11 is 1.26. The van der Waals surface area contributed by atoms with Gasteiger partial charge in [0.25, 0.3) is 0 Å². The van der Waals surface area contributed by atoms with Crippen molar-refractivity contribution >= 4 is 40.1 Å². The maximum absolute atomic E-state index is 12.7. The van der Waals surface area contributed by atoms with Gasteiger partial charge in [-0.2, -0.15) is 10.5 Å². The van der Waals surface area contributed by atoms with E-state index in [9.17, 15) is 15.3 Å². The maximum atomic E-state index is 12.7. The van der Waals surface area contributed by atoms with Crippen LogP contribution in [0.1, 0.15) is 23.2 Å². The number of amides is 1. The number of nitrogen functional groups attached to an aromatic ring is 1. The largest absolute Gasteiger partial charge is 0.383 e. The number of nitrogens with two attached hydrogens (primary N) is 1. The number of thioether (sulfide) groups is 1. The number of nitriles is 2. The fourth-order valence-electron chi connectivity index (χ4n) is 3.66. The van der Waals surface area contributed by atoms with Gasteiger partial charge in [-0.1, -0.05) is 48.5 Å². The van der Waals surface area contributed by atoms with Gasteiger partial charge in [-0.3, -0.25) is 9.78 Å². The average Bonchev–Trinajstić information content (AvgIpc) is 2.84. The zero-order chi connectivity index (χ0) is 24.1. The minimum absolute atomic E-state index is 0.0611. The van der Waals surface area contributed by atoms with E-state index in [0.29, 0.717) is 27.6 Å². The Labute approximate surface area is 201 Å². The first-order valence-corrected chi connectivity index (χ1v) is 11.5. The molecule has 0 radical (unpaired) electrons. The van der Waals surface area contributed by atoms with Gasteiger partial charge in [0.15, 0.2) is 0 Å². The van der Waals surface area contributed by atoms with Crippen molar-refractivity contribution in [3.63, 3.8) is 0 Å². The third kappa shape index (κ3) is 4.68. The van der Waals surface area contributed by atoms with Crippen LogP contribution in [-0.2, 0) is 4.79 Å². The fraction of sp³-hybridized carbons (Fsp3) is 0.115. The highest BCUT2D eigenvalue weighted by Crippen LogP contribution is 2.35. The first-order chi connectivity index (χ1) is 16.5. The van der Waals surface area contributed by atoms with Crippen LogP contribution in [0.2, 0.25) is 0 Å². The molecule has 4 rings (SSSR count). The van der Waals surface area contributed by atoms with E-state index in [2.05, 4.69) is 27.4 Å². The molecule has 166 valence electrons. The lowest BCUT2D eigenvalue weighted by atomic mass is 9.97. The van der Waals surface area contributed by atoms with Crippen molar-refractivity contribution in [2.75, 3.05) is 16.8 Å². The van der Waals surface area contributed by atoms with Crippen LogP contribution in [0.4, 0.5) is 11.5 Å². The third-order valence-corrected chi connectivity index (χ3v) is 6.14. The van der Waals surface area contributed by atoms with Crippen LogP contribution in [0.25, 0.3) is 22.0 Å². The van der Waals surface area contributed by atoms with Crippen LogP contribution < -0.4 is 11.1 Å². The number of carbonyl (C=O) groups excluding carboxylic acids is 1. The topological polar surface area (TPSA) is 128 Å². The van der Waals surface area contributed by atoms with E-state index in [1.165, 1.54) is 11.8 Å². The van der Waals surface area contributed by atoms with Crippen molar-refractivity contribution in [3.8, 4) is 23.3 Å². The highest BCUT2D eigenvalue weighted by Gasteiger charge is 2.20. The molecule has 2 aromatic carbocycles. The first-order valence-electron chi connectivity index (χ1n) is 10.5. The molecule has 0 saturated heterocycles. The summed E-state index contributed by atoms with van der Waals surface area (Å²) < 4.78 is 0. The van der Waals surface area contributed by atoms with Gasteiger partial charge in [-0.15, -0.1) is 11.8 Å². The van der Waals surface area contributed by atoms with Crippen LogP contribution in [0, 0.1) is 29.6 Å². The van der Waals surface area contributed by atoms with Gasteiger partial charge in [0.2, 0.25) is 5.91 Å². The lowest BCUT2D eigenvalue weighted by Crippen LogP contribution is -2.13. The number of carbonyl (C=O) groups is 1. The van der Waals surface area contributed by atoms with Crippen LogP contribution in [-0.4, -0.2) is 21.6 Å². The van der Waals surface area contributed by atoms with Crippen molar-refractivity contribution in [1.29, 1.82) is 10.5 Å². The molecule has 0 aliphatic rings. The van der Waals surface area contributed by atoms with Crippen molar-refractivity contribution in [3.05, 3.63) is 77.5 Å². The van der Waals surface area contributed by atoms with E-state index in [1.54, 1.807) is 0 Å². The Bertz CT molecular complexity index is 1470. The Morgan fingerprint density at radius 3 is 2.47 bits per heavy atom. The normalized spacial score (nSPS) is 10.4. The molecule has 1 amide bonds. The highest BCUT2D eigenvalue weighted by molar-refractivity contribution is 7.99. The number of anilines is 2. The number of pyridine rings is 2. The second kappa shape index (κ2) is 10.0. The number of fused-ring (bicyclic) bond motifs is 1. The summed E-state index contributed by atoms with van der Waals surface area (Å²) in [5, 5.41) is 23.7. The number of hydrogen-bond donors (Lipinski definition) is 2. The summed E-state index contributed by atoms with van der Waals surface area (Å²) in [5.74, 6) is 0.285. The van der Waals surface area contributed by atoms with Crippen LogP contribution in [0.5, 0.6) is 0 Å². The molecular formula is C26H20N6OS. The number of nitrogens with zero attached hydrogens (tertiary/aromatic N) is 4. The SMILES string of the molecule is Cc1cc(NC(=O)CCSc2nc(N)c(C#N)c(-c3ccccc3)c2C#N)c2ccccc2n1. The molecule has 4 aromatic rings. The quantitative estimate of drug-likeness (QED) is 0.382. The summed E-state index contributed by atoms with van der Waals surface area (Å²) in [7, 11) is 0. The third-order valence-electron chi connectivity index (χ3n) is 5.16. The molecule has 0 unspecified atom stereocenters. The van der Waals surface area contributed by atoms with Gasteiger partial charge in [0, 0.05) is 28.8 Å². The fourth-order valence-corrected chi connectivity index (χ4v) is 4.60. The van der Waals surface area contributed by atoms with E-state index in [4.69, 9.17) is 5.73 Å². The van der Waals surface area contributed by atoms with Crippen molar-refractivity contribution in [1.82, 2.24) is 9.97 Å². The standard InChI is InChI=1S/C26H20N6OS/c1-16-13-22(18-9-5-6-10-21(18)30-16)31-23(33)11-12-34-26-20(15-28)24(17-7-3-2-4-8-17)19(14-27)25(29)32-26/h2-10,13H,11-12H2,1H3,(H2,29,32)(H,30,31,33). The van der Waals surface area contributed by atoms with Gasteiger partial charge in [-0.05, 0) is 24.6 Å². The predicted octanol–water partition coefficient (Wildman–Crippen LogP) is 5.05. The number of aromatic nitrogens is 2. The smallest absolute Gasteiger partial charge is 0.225 e. The number of hydrogen-bond acceptors (Lipinski definition) is 7. The molecule has 0 atom stereocenters. The molecule has 0 bridgehead atoms. The molecule has 3 N–H and O–H groups in total. The molecule has 2 aromatic heterocycles. The number of benzene rings is 2. The Kier molecular flexibility index (Phi) is 6.72. The van der Waals surface area contributed by atoms with E-state index in [-0.39, 0.29) is 29.3 Å². The Balaban J connectivity index is 1.54. The minimum atomic E-state index is -0.160. The Morgan fingerprint density at radius 2 is 1.74 bits per heavy atom. The molecule has 34 heavy (non-hydrogen) atoms. The van der Waals surface area contributed by atoms with E-state index >= 15 is 0 Å². The molecule has 8 heteroatoms. The number of aryl methyl sites for hydroxylation is 1. The first kappa shape index (κ1) is 22.8. The second-order valence-electron chi connectivity index (χ2n) is 7.49. The molecule has 0 spiro atoms. The van der Waals surface area contributed by atoms with Gasteiger partial charge in [-0.25, -0.2) is 4.98 Å². The van der Waals surface area contributed by atoms with Crippen molar-refractivity contribution in [2.24, 2.45) is 0 Å². The van der Waals surface area contributed by atoms with Crippen molar-refractivity contribution in [2.45, 2.75) is 18.4 Å². The summed E-state index contributed by atoms with van der Waals surface area (Å²) in [4.78, 5) is 21.5. The second-order valence-corrected chi connectivity index (χ2v) is 8.58. The lowest BCUT2D eigenvalue weighted by molar-refractivity contribution is -0.115. The molecule has 0 saturated carbocycles. The Hall–Kier alpha value is -4.40. The van der Waals surface area contributed by atoms with Gasteiger partial charge >= 0.3 is 0 Å². The van der Waals surface area contributed by atoms with Gasteiger partial charge < -0.3 is 11.1 Å². The summed E-state index contributed by atoms with van der Waals surface area (Å²) in [6.45, 7) is 1.88. The molecule has 0 aliphatic heterocycles. The monoisotopic (exact) mass is 464 g/mol. The number of para-hydroxylation sites is 1. The van der Waals surface area contributed by atoms with Crippen LogP contribution >= 0.6 is 11.8 Å². The van der Waals surface area contributed by atoms with E-state index in [0.717, 1.165) is 16.6 Å². The average molecular weight is 465 g/mol. The summed E-state index contributed by atoms with van der Waals surface area (Å²) in [6, 6.07) is 22.9. The molecule has 0 fully saturated rings. The molecule has 7 nitrogen and oxygen atoms in total. The molecular weight excluding hydrogens is 444 g/mol. The van der Waals surface area contributed by atoms with Crippen LogP contribution in [0.3, 0.4) is 0 Å². The Morgan fingerprint density at radius 1 is 1.03 bits per heavy atom. The number of nitrogens with one attached hydrogen (secondary N) is 1. The highest BCUT2D eigenvalue weighted by atomic mass is 32.2. The van der Waals surface area contributed by atoms with E-state index < -0.39 is 0 Å². The van der Waals surface area contributed by atoms with E-state index in [1.807, 2.05) is 67.6 Å². The zero-order valence-electron chi connectivity index (χ0n) is 18.4. The minimum Gasteiger partial charge on any atom is -0.383 e. The van der Waals surface area contributed by atoms with Crippen LogP contribution in [0.15, 0.2) is 65.7 Å². The zero-order valence-corrected chi connectivity index (χ0v) is 19.2. The van der Waals surface area contributed by atoms with Crippen molar-refractivity contribution < 1.29 is 4.79 Å². The predicted molar refractivity (Wildman–Crippen MR) is 134 cm³/mol. The summed E-state index contributed by atoms with van der Waals surface area (Å²) in [5.41, 5.74) is 10.0. The molecule has 0 aliphatic carbocycles. The van der Waals surface area contributed by atoms with Gasteiger partial charge in [0.1, 0.15) is 28.5 Å². The van der Waals surface area contributed by atoms with Gasteiger partial charge in [0.05, 0.1) is 16.8 Å². The maximum Gasteiger partial charge on any atom is 0.225 e. The lowest BCUT2D eigenvalue weighted by Gasteiger charge is -2.13. The summed E-state index contributed by atoms with van der Waals surface area (Å²) in [6.07, 6.45) is 0.202. The number of rotatable bonds is 6.